The van der Waals surface area contributed by atoms with E-state index in [1.165, 1.54) is 12.1 Å². The van der Waals surface area contributed by atoms with Crippen LogP contribution in [0.4, 0.5) is 4.39 Å². The average molecular weight is 423 g/mol. The van der Waals surface area contributed by atoms with Gasteiger partial charge in [0.05, 0.1) is 31.3 Å². The van der Waals surface area contributed by atoms with E-state index < -0.39 is 27.8 Å². The molecule has 1 N–H and O–H groups in total. The second-order valence-electron chi connectivity index (χ2n) is 8.59. The number of halogens is 1. The molecule has 2 aliphatic rings. The molecule has 6 atom stereocenters. The molecule has 158 valence electrons. The standard InChI is InChI=1S/C21H27FN2O4S/c1-5-27-19(25)17-15-10-16(28-11-13-6-8-14(22)9-7-13)21(12-23,18(15)17)24-29(26)20(2,3)4/h6-9,15-18,24H,5,10-11H2,1-4H3/t15-,16+,17-,18-,21?,29?/m0/s1. The van der Waals surface area contributed by atoms with Crippen molar-refractivity contribution < 1.29 is 23.2 Å². The molecule has 0 heterocycles. The van der Waals surface area contributed by atoms with E-state index in [4.69, 9.17) is 9.47 Å². The molecule has 3 rings (SSSR count). The average Bonchev–Trinajstić information content (AvgIpc) is 3.30. The highest BCUT2D eigenvalue weighted by atomic mass is 32.2. The fourth-order valence-corrected chi connectivity index (χ4v) is 5.01. The molecule has 1 aromatic rings. The Labute approximate surface area is 174 Å². The molecule has 8 heteroatoms. The lowest BCUT2D eigenvalue weighted by Crippen LogP contribution is -2.60. The smallest absolute Gasteiger partial charge is 0.309 e. The van der Waals surface area contributed by atoms with Crippen LogP contribution in [-0.2, 0) is 32.2 Å². The monoisotopic (exact) mass is 422 g/mol. The van der Waals surface area contributed by atoms with Crippen LogP contribution in [0.3, 0.4) is 0 Å². The Balaban J connectivity index is 1.81. The quantitative estimate of drug-likeness (QED) is 0.536. The Bertz CT molecular complexity index is 791. The van der Waals surface area contributed by atoms with Crippen molar-refractivity contribution in [2.75, 3.05) is 6.61 Å². The van der Waals surface area contributed by atoms with Crippen molar-refractivity contribution in [2.45, 2.75) is 57.1 Å². The van der Waals surface area contributed by atoms with Crippen molar-refractivity contribution in [3.63, 3.8) is 0 Å². The minimum atomic E-state index is -1.52. The summed E-state index contributed by atoms with van der Waals surface area (Å²) in [7, 11) is 0. The van der Waals surface area contributed by atoms with Crippen molar-refractivity contribution in [2.24, 2.45) is 17.8 Å². The van der Waals surface area contributed by atoms with Crippen LogP contribution in [-0.4, -0.2) is 33.5 Å². The molecule has 2 saturated carbocycles. The molecule has 0 radical (unpaired) electrons. The van der Waals surface area contributed by atoms with Gasteiger partial charge in [0.2, 0.25) is 0 Å². The van der Waals surface area contributed by atoms with Crippen LogP contribution in [0.25, 0.3) is 0 Å². The summed E-state index contributed by atoms with van der Waals surface area (Å²) in [5.41, 5.74) is -0.474. The number of carbonyl (C=O) groups excluding carboxylic acids is 1. The summed E-state index contributed by atoms with van der Waals surface area (Å²) < 4.78 is 39.6. The number of fused-ring (bicyclic) bond motifs is 1. The molecule has 29 heavy (non-hydrogen) atoms. The van der Waals surface area contributed by atoms with Crippen LogP contribution in [0.1, 0.15) is 39.7 Å². The Kier molecular flexibility index (Phi) is 6.25. The summed E-state index contributed by atoms with van der Waals surface area (Å²) in [6.45, 7) is 7.67. The van der Waals surface area contributed by atoms with Gasteiger partial charge in [0.1, 0.15) is 10.6 Å². The number of carbonyl (C=O) groups is 1. The fourth-order valence-electron chi connectivity index (χ4n) is 4.08. The molecule has 6 nitrogen and oxygen atoms in total. The van der Waals surface area contributed by atoms with Gasteiger partial charge in [-0.2, -0.15) is 5.26 Å². The maximum atomic E-state index is 13.1. The van der Waals surface area contributed by atoms with Crippen LogP contribution >= 0.6 is 0 Å². The first-order chi connectivity index (χ1) is 13.6. The minimum Gasteiger partial charge on any atom is -0.598 e. The first-order valence-corrected chi connectivity index (χ1v) is 10.9. The predicted molar refractivity (Wildman–Crippen MR) is 106 cm³/mol. The molecule has 0 bridgehead atoms. The topological polar surface area (TPSA) is 94.4 Å². The maximum absolute atomic E-state index is 13.1. The van der Waals surface area contributed by atoms with Gasteiger partial charge in [0, 0.05) is 17.3 Å². The third-order valence-corrected chi connectivity index (χ3v) is 7.25. The van der Waals surface area contributed by atoms with Crippen LogP contribution < -0.4 is 4.72 Å². The van der Waals surface area contributed by atoms with E-state index in [1.807, 2.05) is 20.8 Å². The molecule has 0 amide bonds. The Morgan fingerprint density at radius 1 is 1.41 bits per heavy atom. The number of nitrogens with one attached hydrogen (secondary N) is 1. The van der Waals surface area contributed by atoms with Crippen molar-refractivity contribution in [3.05, 3.63) is 35.6 Å². The Morgan fingerprint density at radius 2 is 2.07 bits per heavy atom. The van der Waals surface area contributed by atoms with Crippen molar-refractivity contribution in [1.29, 1.82) is 5.26 Å². The van der Waals surface area contributed by atoms with Crippen molar-refractivity contribution >= 4 is 17.3 Å². The summed E-state index contributed by atoms with van der Waals surface area (Å²) in [5, 5.41) is 10.1. The first kappa shape index (κ1) is 22.0. The fraction of sp³-hybridized carbons (Fsp3) is 0.619. The van der Waals surface area contributed by atoms with Gasteiger partial charge in [0.25, 0.3) is 0 Å². The summed E-state index contributed by atoms with van der Waals surface area (Å²) in [6, 6.07) is 8.26. The molecule has 0 spiro atoms. The van der Waals surface area contributed by atoms with Crippen molar-refractivity contribution in [3.8, 4) is 6.07 Å². The number of ether oxygens (including phenoxy) is 2. The molecule has 0 saturated heterocycles. The zero-order valence-electron chi connectivity index (χ0n) is 17.1. The largest absolute Gasteiger partial charge is 0.598 e. The van der Waals surface area contributed by atoms with Crippen LogP contribution in [0.15, 0.2) is 24.3 Å². The van der Waals surface area contributed by atoms with Crippen LogP contribution in [0, 0.1) is 34.9 Å². The van der Waals surface area contributed by atoms with E-state index >= 15 is 0 Å². The SMILES string of the molecule is CCOC(=O)[C@H]1[C@@H]2C[C@@H](OCc3ccc(F)cc3)C(C#N)(N[S+]([O-])C(C)(C)C)[C@@H]21. The van der Waals surface area contributed by atoms with Gasteiger partial charge in [-0.25, -0.2) is 4.39 Å². The Morgan fingerprint density at radius 3 is 2.62 bits per heavy atom. The minimum absolute atomic E-state index is 0.0450. The molecular formula is C21H27FN2O4S. The second kappa shape index (κ2) is 8.23. The summed E-state index contributed by atoms with van der Waals surface area (Å²) in [4.78, 5) is 12.3. The predicted octanol–water partition coefficient (Wildman–Crippen LogP) is 2.85. The first-order valence-electron chi connectivity index (χ1n) is 9.77. The summed E-state index contributed by atoms with van der Waals surface area (Å²) >= 11 is -1.52. The van der Waals surface area contributed by atoms with E-state index in [0.717, 1.165) is 5.56 Å². The van der Waals surface area contributed by atoms with E-state index in [2.05, 4.69) is 10.8 Å². The highest BCUT2D eigenvalue weighted by Crippen LogP contribution is 2.63. The van der Waals surface area contributed by atoms with Gasteiger partial charge >= 0.3 is 5.97 Å². The van der Waals surface area contributed by atoms with E-state index in [1.54, 1.807) is 19.1 Å². The number of esters is 1. The Hall–Kier alpha value is -1.66. The van der Waals surface area contributed by atoms with Crippen LogP contribution in [0.2, 0.25) is 0 Å². The van der Waals surface area contributed by atoms with Gasteiger partial charge in [-0.3, -0.25) is 4.79 Å². The van der Waals surface area contributed by atoms with Gasteiger partial charge in [-0.1, -0.05) is 12.1 Å². The lowest BCUT2D eigenvalue weighted by Gasteiger charge is -2.36. The maximum Gasteiger partial charge on any atom is 0.309 e. The van der Waals surface area contributed by atoms with E-state index in [0.29, 0.717) is 6.42 Å². The third-order valence-electron chi connectivity index (χ3n) is 5.61. The molecule has 1 aromatic carbocycles. The van der Waals surface area contributed by atoms with Gasteiger partial charge < -0.3 is 14.0 Å². The lowest BCUT2D eigenvalue weighted by molar-refractivity contribution is -0.146. The highest BCUT2D eigenvalue weighted by Gasteiger charge is 2.75. The molecule has 0 aromatic heterocycles. The zero-order chi connectivity index (χ0) is 21.4. The molecule has 2 aliphatic carbocycles. The highest BCUT2D eigenvalue weighted by molar-refractivity contribution is 7.90. The number of hydrogen-bond acceptors (Lipinski definition) is 6. The third kappa shape index (κ3) is 4.29. The molecule has 2 unspecified atom stereocenters. The molecule has 0 aliphatic heterocycles. The number of hydrogen-bond donors (Lipinski definition) is 1. The summed E-state index contributed by atoms with van der Waals surface area (Å²) in [6.07, 6.45) is -0.0402. The number of nitriles is 1. The molecule has 2 fully saturated rings. The van der Waals surface area contributed by atoms with E-state index in [9.17, 15) is 19.0 Å². The number of rotatable bonds is 7. The van der Waals surface area contributed by atoms with Gasteiger partial charge in [-0.05, 0) is 57.7 Å². The normalized spacial score (nSPS) is 31.6. The number of nitrogens with zero attached hydrogens (tertiary/aromatic N) is 1. The molecular weight excluding hydrogens is 395 g/mol. The second-order valence-corrected chi connectivity index (χ2v) is 10.6. The van der Waals surface area contributed by atoms with Gasteiger partial charge in [-0.15, -0.1) is 4.72 Å². The zero-order valence-corrected chi connectivity index (χ0v) is 17.9. The van der Waals surface area contributed by atoms with Gasteiger partial charge in [0.15, 0.2) is 5.54 Å². The van der Waals surface area contributed by atoms with Crippen molar-refractivity contribution in [1.82, 2.24) is 4.72 Å². The number of benzene rings is 1. The van der Waals surface area contributed by atoms with E-state index in [-0.39, 0.29) is 42.8 Å². The summed E-state index contributed by atoms with van der Waals surface area (Å²) in [5.74, 6) is -1.39. The lowest BCUT2D eigenvalue weighted by atomic mass is 9.90. The van der Waals surface area contributed by atoms with Crippen LogP contribution in [0.5, 0.6) is 0 Å².